The molecule has 0 bridgehead atoms. The SMILES string of the molecule is C=C(C)N(C1=CC=CCC=C1)c1ccc(-c2ccc(NC)cc2)cc1. The van der Waals surface area contributed by atoms with Gasteiger partial charge in [0.2, 0.25) is 0 Å². The summed E-state index contributed by atoms with van der Waals surface area (Å²) in [5, 5.41) is 3.15. The van der Waals surface area contributed by atoms with E-state index in [0.29, 0.717) is 0 Å². The topological polar surface area (TPSA) is 15.3 Å². The number of rotatable bonds is 5. The summed E-state index contributed by atoms with van der Waals surface area (Å²) in [4.78, 5) is 2.18. The Labute approximate surface area is 150 Å². The van der Waals surface area contributed by atoms with E-state index in [0.717, 1.165) is 29.2 Å². The van der Waals surface area contributed by atoms with Crippen LogP contribution in [0, 0.1) is 0 Å². The molecule has 0 atom stereocenters. The summed E-state index contributed by atoms with van der Waals surface area (Å²) in [5.74, 6) is 0. The predicted molar refractivity (Wildman–Crippen MR) is 110 cm³/mol. The van der Waals surface area contributed by atoms with Crippen molar-refractivity contribution in [2.75, 3.05) is 17.3 Å². The van der Waals surface area contributed by atoms with E-state index in [9.17, 15) is 0 Å². The van der Waals surface area contributed by atoms with Crippen molar-refractivity contribution < 1.29 is 0 Å². The van der Waals surface area contributed by atoms with Crippen molar-refractivity contribution in [2.45, 2.75) is 13.3 Å². The van der Waals surface area contributed by atoms with Gasteiger partial charge in [0.25, 0.3) is 0 Å². The fourth-order valence-corrected chi connectivity index (χ4v) is 2.94. The maximum Gasteiger partial charge on any atom is 0.0458 e. The summed E-state index contributed by atoms with van der Waals surface area (Å²) in [6, 6.07) is 17.1. The Balaban J connectivity index is 1.90. The van der Waals surface area contributed by atoms with Gasteiger partial charge < -0.3 is 10.2 Å². The van der Waals surface area contributed by atoms with E-state index in [-0.39, 0.29) is 0 Å². The highest BCUT2D eigenvalue weighted by atomic mass is 15.1. The largest absolute Gasteiger partial charge is 0.388 e. The lowest BCUT2D eigenvalue weighted by molar-refractivity contribution is 1.11. The lowest BCUT2D eigenvalue weighted by atomic mass is 10.0. The molecule has 2 heteroatoms. The average Bonchev–Trinajstić information content (AvgIpc) is 2.92. The molecule has 3 rings (SSSR count). The summed E-state index contributed by atoms with van der Waals surface area (Å²) < 4.78 is 0. The molecular formula is C23H24N2. The Morgan fingerprint density at radius 2 is 1.60 bits per heavy atom. The number of anilines is 2. The van der Waals surface area contributed by atoms with Gasteiger partial charge in [-0.3, -0.25) is 0 Å². The van der Waals surface area contributed by atoms with Crippen molar-refractivity contribution in [1.29, 1.82) is 0 Å². The summed E-state index contributed by atoms with van der Waals surface area (Å²) in [5.41, 5.74) is 6.79. The molecule has 0 spiro atoms. The number of allylic oxidation sites excluding steroid dienone is 6. The molecule has 1 N–H and O–H groups in total. The minimum atomic E-state index is 0.964. The summed E-state index contributed by atoms with van der Waals surface area (Å²) in [7, 11) is 1.93. The average molecular weight is 328 g/mol. The summed E-state index contributed by atoms with van der Waals surface area (Å²) in [6.45, 7) is 6.19. The van der Waals surface area contributed by atoms with Crippen LogP contribution in [0.4, 0.5) is 11.4 Å². The van der Waals surface area contributed by atoms with E-state index < -0.39 is 0 Å². The van der Waals surface area contributed by atoms with Crippen LogP contribution in [0.3, 0.4) is 0 Å². The number of benzene rings is 2. The van der Waals surface area contributed by atoms with Gasteiger partial charge in [-0.25, -0.2) is 0 Å². The maximum atomic E-state index is 4.16. The van der Waals surface area contributed by atoms with Gasteiger partial charge in [-0.2, -0.15) is 0 Å². The van der Waals surface area contributed by atoms with E-state index in [1.165, 1.54) is 11.1 Å². The monoisotopic (exact) mass is 328 g/mol. The highest BCUT2D eigenvalue weighted by molar-refractivity contribution is 5.70. The fourth-order valence-electron chi connectivity index (χ4n) is 2.94. The van der Waals surface area contributed by atoms with Gasteiger partial charge in [-0.1, -0.05) is 49.1 Å². The number of nitrogens with zero attached hydrogens (tertiary/aromatic N) is 1. The molecule has 2 nitrogen and oxygen atoms in total. The molecule has 0 aromatic heterocycles. The zero-order valence-electron chi connectivity index (χ0n) is 14.9. The lowest BCUT2D eigenvalue weighted by Gasteiger charge is -2.26. The Bertz CT molecular complexity index is 821. The number of nitrogens with one attached hydrogen (secondary N) is 1. The van der Waals surface area contributed by atoms with Crippen molar-refractivity contribution in [3.8, 4) is 11.1 Å². The Kier molecular flexibility index (Phi) is 5.20. The van der Waals surface area contributed by atoms with Gasteiger partial charge in [0.05, 0.1) is 0 Å². The first kappa shape index (κ1) is 16.8. The highest BCUT2D eigenvalue weighted by Gasteiger charge is 2.11. The van der Waals surface area contributed by atoms with Crippen molar-refractivity contribution in [3.63, 3.8) is 0 Å². The van der Waals surface area contributed by atoms with Crippen molar-refractivity contribution in [2.24, 2.45) is 0 Å². The molecule has 0 heterocycles. The van der Waals surface area contributed by atoms with Crippen LogP contribution in [-0.4, -0.2) is 7.05 Å². The highest BCUT2D eigenvalue weighted by Crippen LogP contribution is 2.29. The molecule has 0 saturated heterocycles. The van der Waals surface area contributed by atoms with Crippen LogP contribution in [0.25, 0.3) is 11.1 Å². The standard InChI is InChI=1S/C23H24N2/c1-18(2)25(22-8-6-4-5-7-9-22)23-16-12-20(13-17-23)19-10-14-21(24-3)15-11-19/h4,6-17,24H,1,5H2,2-3H3. The molecule has 1 aliphatic carbocycles. The van der Waals surface area contributed by atoms with Gasteiger partial charge in [0.1, 0.15) is 0 Å². The molecule has 25 heavy (non-hydrogen) atoms. The van der Waals surface area contributed by atoms with Crippen LogP contribution in [0.15, 0.2) is 96.9 Å². The number of hydrogen-bond acceptors (Lipinski definition) is 2. The first-order chi connectivity index (χ1) is 12.2. The minimum absolute atomic E-state index is 0.964. The normalized spacial score (nSPS) is 13.1. The summed E-state index contributed by atoms with van der Waals surface area (Å²) >= 11 is 0. The second kappa shape index (κ2) is 7.71. The molecule has 2 aromatic carbocycles. The third kappa shape index (κ3) is 3.92. The molecular weight excluding hydrogens is 304 g/mol. The molecule has 0 saturated carbocycles. The van der Waals surface area contributed by atoms with E-state index in [1.54, 1.807) is 0 Å². The second-order valence-corrected chi connectivity index (χ2v) is 6.10. The van der Waals surface area contributed by atoms with Gasteiger partial charge >= 0.3 is 0 Å². The zero-order valence-corrected chi connectivity index (χ0v) is 14.9. The predicted octanol–water partition coefficient (Wildman–Crippen LogP) is 6.14. The third-order valence-corrected chi connectivity index (χ3v) is 4.24. The van der Waals surface area contributed by atoms with Gasteiger partial charge in [-0.05, 0) is 60.9 Å². The first-order valence-electron chi connectivity index (χ1n) is 8.56. The molecule has 0 unspecified atom stereocenters. The maximum absolute atomic E-state index is 4.16. The molecule has 2 aromatic rings. The molecule has 0 amide bonds. The molecule has 1 aliphatic rings. The quantitative estimate of drug-likeness (QED) is 0.709. The van der Waals surface area contributed by atoms with Crippen LogP contribution in [0.2, 0.25) is 0 Å². The Hall–Kier alpha value is -3.00. The Morgan fingerprint density at radius 3 is 2.20 bits per heavy atom. The lowest BCUT2D eigenvalue weighted by Crippen LogP contribution is -2.18. The van der Waals surface area contributed by atoms with E-state index in [4.69, 9.17) is 0 Å². The van der Waals surface area contributed by atoms with Gasteiger partial charge in [0, 0.05) is 29.8 Å². The zero-order chi connectivity index (χ0) is 17.6. The molecule has 0 aliphatic heterocycles. The smallest absolute Gasteiger partial charge is 0.0458 e. The van der Waals surface area contributed by atoms with Crippen LogP contribution >= 0.6 is 0 Å². The van der Waals surface area contributed by atoms with E-state index >= 15 is 0 Å². The van der Waals surface area contributed by atoms with Crippen LogP contribution in [0.5, 0.6) is 0 Å². The molecule has 0 radical (unpaired) electrons. The summed E-state index contributed by atoms with van der Waals surface area (Å²) in [6.07, 6.45) is 11.7. The second-order valence-electron chi connectivity index (χ2n) is 6.10. The van der Waals surface area contributed by atoms with Crippen molar-refractivity contribution >= 4 is 11.4 Å². The van der Waals surface area contributed by atoms with E-state index in [1.807, 2.05) is 14.0 Å². The van der Waals surface area contributed by atoms with E-state index in [2.05, 4.69) is 95.7 Å². The van der Waals surface area contributed by atoms with Gasteiger partial charge in [0.15, 0.2) is 0 Å². The Morgan fingerprint density at radius 1 is 0.960 bits per heavy atom. The molecule has 126 valence electrons. The van der Waals surface area contributed by atoms with Gasteiger partial charge in [-0.15, -0.1) is 0 Å². The first-order valence-corrected chi connectivity index (χ1v) is 8.56. The van der Waals surface area contributed by atoms with Crippen molar-refractivity contribution in [1.82, 2.24) is 0 Å². The van der Waals surface area contributed by atoms with Crippen molar-refractivity contribution in [3.05, 3.63) is 96.9 Å². The minimum Gasteiger partial charge on any atom is -0.388 e. The fraction of sp³-hybridized carbons (Fsp3) is 0.130. The van der Waals surface area contributed by atoms with Crippen LogP contribution in [-0.2, 0) is 0 Å². The van der Waals surface area contributed by atoms with Crippen LogP contribution < -0.4 is 10.2 Å². The van der Waals surface area contributed by atoms with Crippen LogP contribution in [0.1, 0.15) is 13.3 Å². The number of hydrogen-bond donors (Lipinski definition) is 1. The third-order valence-electron chi connectivity index (χ3n) is 4.24. The molecule has 0 fully saturated rings.